The number of morpholine rings is 1. The van der Waals surface area contributed by atoms with E-state index < -0.39 is 10.0 Å². The first kappa shape index (κ1) is 20.0. The molecule has 0 N–H and O–H groups in total. The van der Waals surface area contributed by atoms with Crippen molar-refractivity contribution >= 4 is 10.0 Å². The summed E-state index contributed by atoms with van der Waals surface area (Å²) in [5.74, 6) is 0. The van der Waals surface area contributed by atoms with Gasteiger partial charge in [-0.2, -0.15) is 9.40 Å². The van der Waals surface area contributed by atoms with Crippen molar-refractivity contribution in [2.75, 3.05) is 26.3 Å². The van der Waals surface area contributed by atoms with Crippen LogP contribution in [0.1, 0.15) is 43.3 Å². The average molecular weight is 392 g/mol. The van der Waals surface area contributed by atoms with Gasteiger partial charge in [-0.3, -0.25) is 4.68 Å². The molecule has 1 saturated heterocycles. The lowest BCUT2D eigenvalue weighted by atomic mass is 9.87. The number of ether oxygens (including phenoxy) is 1. The first-order valence-corrected chi connectivity index (χ1v) is 10.8. The van der Waals surface area contributed by atoms with Crippen molar-refractivity contribution in [1.29, 1.82) is 0 Å². The second kappa shape index (κ2) is 7.37. The number of hydrogen-bond acceptors (Lipinski definition) is 4. The lowest BCUT2D eigenvalue weighted by Gasteiger charge is -2.26. The molecule has 0 spiro atoms. The summed E-state index contributed by atoms with van der Waals surface area (Å²) >= 11 is 0. The first-order chi connectivity index (χ1) is 12.6. The van der Waals surface area contributed by atoms with E-state index in [4.69, 9.17) is 4.74 Å². The molecule has 0 amide bonds. The van der Waals surface area contributed by atoms with Gasteiger partial charge < -0.3 is 4.74 Å². The van der Waals surface area contributed by atoms with Gasteiger partial charge in [0.1, 0.15) is 4.90 Å². The molecule has 2 heterocycles. The predicted octanol–water partition coefficient (Wildman–Crippen LogP) is 2.87. The Morgan fingerprint density at radius 1 is 1.07 bits per heavy atom. The summed E-state index contributed by atoms with van der Waals surface area (Å²) in [7, 11) is -3.55. The van der Waals surface area contributed by atoms with Crippen LogP contribution in [0.3, 0.4) is 0 Å². The molecule has 6 nitrogen and oxygen atoms in total. The van der Waals surface area contributed by atoms with Crippen LogP contribution in [-0.2, 0) is 26.7 Å². The summed E-state index contributed by atoms with van der Waals surface area (Å²) in [6.07, 6.45) is 0. The van der Waals surface area contributed by atoms with Gasteiger partial charge in [0.15, 0.2) is 0 Å². The van der Waals surface area contributed by atoms with Crippen LogP contribution in [0.15, 0.2) is 29.2 Å². The van der Waals surface area contributed by atoms with Gasteiger partial charge in [-0.25, -0.2) is 8.42 Å². The fourth-order valence-electron chi connectivity index (χ4n) is 3.41. The topological polar surface area (TPSA) is 64.4 Å². The number of benzene rings is 1. The summed E-state index contributed by atoms with van der Waals surface area (Å²) in [6, 6.07) is 8.44. The van der Waals surface area contributed by atoms with E-state index in [1.165, 1.54) is 9.87 Å². The summed E-state index contributed by atoms with van der Waals surface area (Å²) in [5, 5.41) is 4.52. The van der Waals surface area contributed by atoms with Crippen LogP contribution >= 0.6 is 0 Å². The molecular formula is C20H29N3O3S. The lowest BCUT2D eigenvalue weighted by molar-refractivity contribution is 0.0730. The van der Waals surface area contributed by atoms with E-state index in [1.54, 1.807) is 11.6 Å². The van der Waals surface area contributed by atoms with Crippen molar-refractivity contribution in [2.24, 2.45) is 0 Å². The Morgan fingerprint density at radius 2 is 1.67 bits per heavy atom. The minimum absolute atomic E-state index is 0.107. The summed E-state index contributed by atoms with van der Waals surface area (Å²) < 4.78 is 34.7. The standard InChI is InChI=1S/C20H29N3O3S/c1-15-19(27(24,25)22-10-12-26-13-11-22)16(2)23(21-15)14-17-6-8-18(9-7-17)20(3,4)5/h6-9H,10-14H2,1-5H3. The van der Waals surface area contributed by atoms with Gasteiger partial charge in [-0.1, -0.05) is 45.0 Å². The van der Waals surface area contributed by atoms with E-state index in [1.807, 2.05) is 6.92 Å². The Balaban J connectivity index is 1.87. The van der Waals surface area contributed by atoms with Gasteiger partial charge in [0.25, 0.3) is 0 Å². The van der Waals surface area contributed by atoms with Gasteiger partial charge in [0.2, 0.25) is 10.0 Å². The Labute approximate surface area is 162 Å². The zero-order valence-corrected chi connectivity index (χ0v) is 17.6. The molecule has 0 unspecified atom stereocenters. The van der Waals surface area contributed by atoms with E-state index in [0.29, 0.717) is 49.1 Å². The average Bonchev–Trinajstić information content (AvgIpc) is 2.89. The third-order valence-electron chi connectivity index (χ3n) is 5.04. The Kier molecular flexibility index (Phi) is 5.47. The number of aromatic nitrogens is 2. The molecule has 0 atom stereocenters. The molecule has 148 valence electrons. The quantitative estimate of drug-likeness (QED) is 0.804. The normalized spacial score (nSPS) is 16.6. The molecule has 1 aliphatic heterocycles. The smallest absolute Gasteiger partial charge is 0.246 e. The molecule has 1 aliphatic rings. The lowest BCUT2D eigenvalue weighted by Crippen LogP contribution is -2.41. The summed E-state index contributed by atoms with van der Waals surface area (Å²) in [6.45, 7) is 12.4. The number of hydrogen-bond donors (Lipinski definition) is 0. The highest BCUT2D eigenvalue weighted by Crippen LogP contribution is 2.26. The number of nitrogens with zero attached hydrogens (tertiary/aromatic N) is 3. The van der Waals surface area contributed by atoms with Crippen molar-refractivity contribution in [2.45, 2.75) is 51.5 Å². The molecule has 7 heteroatoms. The van der Waals surface area contributed by atoms with Crippen molar-refractivity contribution in [1.82, 2.24) is 14.1 Å². The minimum Gasteiger partial charge on any atom is -0.379 e. The third-order valence-corrected chi connectivity index (χ3v) is 7.19. The molecule has 1 aromatic heterocycles. The van der Waals surface area contributed by atoms with Crippen molar-refractivity contribution < 1.29 is 13.2 Å². The molecule has 1 aromatic carbocycles. The van der Waals surface area contributed by atoms with Crippen LogP contribution in [0.2, 0.25) is 0 Å². The largest absolute Gasteiger partial charge is 0.379 e. The fourth-order valence-corrected chi connectivity index (χ4v) is 5.19. The van der Waals surface area contributed by atoms with Gasteiger partial charge in [0.05, 0.1) is 31.1 Å². The molecule has 27 heavy (non-hydrogen) atoms. The maximum atomic E-state index is 13.1. The van der Waals surface area contributed by atoms with Crippen LogP contribution in [0.4, 0.5) is 0 Å². The van der Waals surface area contributed by atoms with Crippen molar-refractivity contribution in [3.8, 4) is 0 Å². The Hall–Kier alpha value is -1.70. The second-order valence-electron chi connectivity index (χ2n) is 8.12. The van der Waals surface area contributed by atoms with E-state index in [2.05, 4.69) is 50.1 Å². The highest BCUT2D eigenvalue weighted by Gasteiger charge is 2.32. The number of sulfonamides is 1. The van der Waals surface area contributed by atoms with Crippen LogP contribution in [0.25, 0.3) is 0 Å². The number of aryl methyl sites for hydroxylation is 1. The molecule has 0 radical (unpaired) electrons. The van der Waals surface area contributed by atoms with Crippen LogP contribution in [0.5, 0.6) is 0 Å². The molecular weight excluding hydrogens is 362 g/mol. The summed E-state index contributed by atoms with van der Waals surface area (Å²) in [4.78, 5) is 0.329. The Morgan fingerprint density at radius 3 is 2.22 bits per heavy atom. The molecule has 0 saturated carbocycles. The second-order valence-corrected chi connectivity index (χ2v) is 10.00. The third kappa shape index (κ3) is 4.10. The molecule has 1 fully saturated rings. The van der Waals surface area contributed by atoms with E-state index in [-0.39, 0.29) is 5.41 Å². The first-order valence-electron chi connectivity index (χ1n) is 9.32. The summed E-state index contributed by atoms with van der Waals surface area (Å²) in [5.41, 5.74) is 3.71. The zero-order chi connectivity index (χ0) is 19.8. The fraction of sp³-hybridized carbons (Fsp3) is 0.550. The van der Waals surface area contributed by atoms with E-state index in [0.717, 1.165) is 5.56 Å². The van der Waals surface area contributed by atoms with Gasteiger partial charge in [-0.15, -0.1) is 0 Å². The van der Waals surface area contributed by atoms with Crippen molar-refractivity contribution in [3.63, 3.8) is 0 Å². The van der Waals surface area contributed by atoms with Gasteiger partial charge in [-0.05, 0) is 30.4 Å². The Bertz CT molecular complexity index is 903. The monoisotopic (exact) mass is 391 g/mol. The van der Waals surface area contributed by atoms with E-state index >= 15 is 0 Å². The van der Waals surface area contributed by atoms with Gasteiger partial charge in [0, 0.05) is 13.1 Å². The minimum atomic E-state index is -3.55. The highest BCUT2D eigenvalue weighted by atomic mass is 32.2. The van der Waals surface area contributed by atoms with Crippen molar-refractivity contribution in [3.05, 3.63) is 46.8 Å². The van der Waals surface area contributed by atoms with Crippen LogP contribution < -0.4 is 0 Å². The van der Waals surface area contributed by atoms with Gasteiger partial charge >= 0.3 is 0 Å². The predicted molar refractivity (Wildman–Crippen MR) is 106 cm³/mol. The van der Waals surface area contributed by atoms with E-state index in [9.17, 15) is 8.42 Å². The SMILES string of the molecule is Cc1nn(Cc2ccc(C(C)(C)C)cc2)c(C)c1S(=O)(=O)N1CCOCC1. The number of rotatable bonds is 4. The zero-order valence-electron chi connectivity index (χ0n) is 16.8. The molecule has 0 bridgehead atoms. The van der Waals surface area contributed by atoms with Crippen LogP contribution in [-0.4, -0.2) is 48.8 Å². The molecule has 0 aliphatic carbocycles. The molecule has 3 rings (SSSR count). The maximum absolute atomic E-state index is 13.1. The van der Waals surface area contributed by atoms with Crippen LogP contribution in [0, 0.1) is 13.8 Å². The highest BCUT2D eigenvalue weighted by molar-refractivity contribution is 7.89. The molecule has 2 aromatic rings. The maximum Gasteiger partial charge on any atom is 0.246 e.